The number of carbonyl (C=O) groups excluding carboxylic acids is 1. The summed E-state index contributed by atoms with van der Waals surface area (Å²) in [5.74, 6) is 0.800. The lowest BCUT2D eigenvalue weighted by Crippen LogP contribution is -2.26. The molecule has 0 radical (unpaired) electrons. The van der Waals surface area contributed by atoms with Crippen molar-refractivity contribution in [2.24, 2.45) is 0 Å². The number of hydrogen-bond acceptors (Lipinski definition) is 4. The molecule has 0 spiro atoms. The minimum absolute atomic E-state index is 0.0719. The summed E-state index contributed by atoms with van der Waals surface area (Å²) >= 11 is 0. The van der Waals surface area contributed by atoms with Gasteiger partial charge in [0.1, 0.15) is 0 Å². The van der Waals surface area contributed by atoms with Crippen LogP contribution in [0.3, 0.4) is 0 Å². The highest BCUT2D eigenvalue weighted by Crippen LogP contribution is 2.25. The zero-order valence-corrected chi connectivity index (χ0v) is 17.4. The van der Waals surface area contributed by atoms with Gasteiger partial charge < -0.3 is 9.32 Å². The molecule has 0 aliphatic carbocycles. The molecule has 0 saturated heterocycles. The number of hydrogen-bond donors (Lipinski definition) is 0. The molecule has 0 fully saturated rings. The molecule has 5 nitrogen and oxygen atoms in total. The van der Waals surface area contributed by atoms with Gasteiger partial charge in [0, 0.05) is 18.2 Å². The van der Waals surface area contributed by atoms with Crippen molar-refractivity contribution in [3.8, 4) is 11.5 Å². The highest BCUT2D eigenvalue weighted by Gasteiger charge is 2.17. The van der Waals surface area contributed by atoms with Gasteiger partial charge in [-0.25, -0.2) is 0 Å². The average Bonchev–Trinajstić information content (AvgIpc) is 3.11. The maximum absolute atomic E-state index is 12.7. The van der Waals surface area contributed by atoms with Crippen molar-refractivity contribution in [3.05, 3.63) is 70.6 Å². The first-order valence-corrected chi connectivity index (χ1v) is 9.41. The summed E-state index contributed by atoms with van der Waals surface area (Å²) in [5, 5.41) is 8.24. The lowest BCUT2D eigenvalue weighted by molar-refractivity contribution is 0.0773. The van der Waals surface area contributed by atoms with E-state index in [2.05, 4.69) is 43.1 Å². The molecule has 146 valence electrons. The fourth-order valence-electron chi connectivity index (χ4n) is 2.92. The zero-order valence-electron chi connectivity index (χ0n) is 17.4. The van der Waals surface area contributed by atoms with Crippen molar-refractivity contribution in [2.75, 3.05) is 7.05 Å². The number of rotatable bonds is 4. The monoisotopic (exact) mass is 377 g/mol. The molecule has 0 aliphatic rings. The van der Waals surface area contributed by atoms with Crippen LogP contribution in [0.1, 0.15) is 53.7 Å². The van der Waals surface area contributed by atoms with E-state index in [1.807, 2.05) is 44.2 Å². The van der Waals surface area contributed by atoms with E-state index in [-0.39, 0.29) is 17.9 Å². The van der Waals surface area contributed by atoms with Crippen LogP contribution in [0.5, 0.6) is 0 Å². The van der Waals surface area contributed by atoms with E-state index in [4.69, 9.17) is 4.42 Å². The molecule has 3 rings (SSSR count). The number of carbonyl (C=O) groups is 1. The molecule has 1 heterocycles. The second-order valence-corrected chi connectivity index (χ2v) is 8.29. The molecule has 0 unspecified atom stereocenters. The number of nitrogens with zero attached hydrogens (tertiary/aromatic N) is 3. The van der Waals surface area contributed by atoms with Crippen LogP contribution in [0, 0.1) is 13.8 Å². The summed E-state index contributed by atoms with van der Waals surface area (Å²) in [5.41, 5.74) is 5.12. The Balaban J connectivity index is 1.71. The van der Waals surface area contributed by atoms with E-state index in [1.165, 1.54) is 11.1 Å². The van der Waals surface area contributed by atoms with Gasteiger partial charge in [-0.1, -0.05) is 39.0 Å². The Morgan fingerprint density at radius 2 is 1.68 bits per heavy atom. The first-order chi connectivity index (χ1) is 13.1. The van der Waals surface area contributed by atoms with Crippen molar-refractivity contribution < 1.29 is 9.21 Å². The number of aromatic nitrogens is 2. The predicted octanol–water partition coefficient (Wildman–Crippen LogP) is 4.92. The highest BCUT2D eigenvalue weighted by molar-refractivity contribution is 5.94. The van der Waals surface area contributed by atoms with E-state index >= 15 is 0 Å². The minimum Gasteiger partial charge on any atom is -0.419 e. The van der Waals surface area contributed by atoms with Gasteiger partial charge in [-0.2, -0.15) is 0 Å². The van der Waals surface area contributed by atoms with Crippen LogP contribution in [0.15, 0.2) is 46.9 Å². The molecule has 0 bridgehead atoms. The fourth-order valence-corrected chi connectivity index (χ4v) is 2.92. The summed E-state index contributed by atoms with van der Waals surface area (Å²) in [6.45, 7) is 10.8. The summed E-state index contributed by atoms with van der Waals surface area (Å²) < 4.78 is 5.78. The fraction of sp³-hybridized carbons (Fsp3) is 0.348. The summed E-state index contributed by atoms with van der Waals surface area (Å²) in [6.07, 6.45) is 0. The molecule has 0 N–H and O–H groups in total. The van der Waals surface area contributed by atoms with Gasteiger partial charge in [0.05, 0.1) is 6.54 Å². The van der Waals surface area contributed by atoms with Crippen molar-refractivity contribution in [3.63, 3.8) is 0 Å². The first-order valence-electron chi connectivity index (χ1n) is 9.41. The number of amides is 1. The Labute approximate surface area is 166 Å². The molecule has 5 heteroatoms. The third-order valence-corrected chi connectivity index (χ3v) is 4.94. The van der Waals surface area contributed by atoms with Gasteiger partial charge >= 0.3 is 0 Å². The van der Waals surface area contributed by atoms with E-state index in [1.54, 1.807) is 11.9 Å². The lowest BCUT2D eigenvalue weighted by atomic mass is 9.87. The SMILES string of the molecule is Cc1ccc(C(=O)N(C)Cc2nnc(-c3ccc(C(C)(C)C)cc3)o2)cc1C. The van der Waals surface area contributed by atoms with Crippen molar-refractivity contribution in [1.29, 1.82) is 0 Å². The smallest absolute Gasteiger partial charge is 0.254 e. The second kappa shape index (κ2) is 7.58. The van der Waals surface area contributed by atoms with Crippen molar-refractivity contribution in [2.45, 2.75) is 46.6 Å². The predicted molar refractivity (Wildman–Crippen MR) is 110 cm³/mol. The normalized spacial score (nSPS) is 11.5. The van der Waals surface area contributed by atoms with Gasteiger partial charge in [0.25, 0.3) is 5.91 Å². The first kappa shape index (κ1) is 19.8. The van der Waals surface area contributed by atoms with Gasteiger partial charge in [0.2, 0.25) is 11.8 Å². The number of aryl methyl sites for hydroxylation is 2. The van der Waals surface area contributed by atoms with Crippen LogP contribution >= 0.6 is 0 Å². The Morgan fingerprint density at radius 1 is 1.00 bits per heavy atom. The molecule has 0 atom stereocenters. The van der Waals surface area contributed by atoms with Crippen LogP contribution in [0.2, 0.25) is 0 Å². The van der Waals surface area contributed by atoms with E-state index in [0.717, 1.165) is 11.1 Å². The van der Waals surface area contributed by atoms with Crippen LogP contribution in [0.4, 0.5) is 0 Å². The molecule has 1 amide bonds. The molecule has 3 aromatic rings. The average molecular weight is 377 g/mol. The van der Waals surface area contributed by atoms with Gasteiger partial charge in [-0.15, -0.1) is 10.2 Å². The summed E-state index contributed by atoms with van der Waals surface area (Å²) in [4.78, 5) is 14.2. The van der Waals surface area contributed by atoms with E-state index < -0.39 is 0 Å². The lowest BCUT2D eigenvalue weighted by Gasteiger charge is -2.18. The quantitative estimate of drug-likeness (QED) is 0.647. The molecular formula is C23H27N3O2. The Kier molecular flexibility index (Phi) is 5.36. The molecule has 28 heavy (non-hydrogen) atoms. The molecule has 1 aromatic heterocycles. The Hall–Kier alpha value is -2.95. The van der Waals surface area contributed by atoms with E-state index in [0.29, 0.717) is 17.3 Å². The topological polar surface area (TPSA) is 59.2 Å². The van der Waals surface area contributed by atoms with Gasteiger partial charge in [-0.05, 0) is 60.2 Å². The van der Waals surface area contributed by atoms with E-state index in [9.17, 15) is 4.79 Å². The molecule has 0 aliphatic heterocycles. The van der Waals surface area contributed by atoms with Crippen LogP contribution in [-0.4, -0.2) is 28.1 Å². The van der Waals surface area contributed by atoms with Crippen LogP contribution in [0.25, 0.3) is 11.5 Å². The Bertz CT molecular complexity index is 982. The molecule has 2 aromatic carbocycles. The maximum Gasteiger partial charge on any atom is 0.254 e. The number of benzene rings is 2. The summed E-state index contributed by atoms with van der Waals surface area (Å²) in [6, 6.07) is 13.8. The van der Waals surface area contributed by atoms with Gasteiger partial charge in [0.15, 0.2) is 0 Å². The highest BCUT2D eigenvalue weighted by atomic mass is 16.4. The Morgan fingerprint density at radius 3 is 2.29 bits per heavy atom. The molecule has 0 saturated carbocycles. The summed E-state index contributed by atoms with van der Waals surface area (Å²) in [7, 11) is 1.74. The third-order valence-electron chi connectivity index (χ3n) is 4.94. The standard InChI is InChI=1S/C23H27N3O2/c1-15-7-8-18(13-16(15)2)22(27)26(6)14-20-24-25-21(28-20)17-9-11-19(12-10-17)23(3,4)5/h7-13H,14H2,1-6H3. The largest absolute Gasteiger partial charge is 0.419 e. The van der Waals surface area contributed by atoms with Crippen LogP contribution < -0.4 is 0 Å². The van der Waals surface area contributed by atoms with Crippen LogP contribution in [-0.2, 0) is 12.0 Å². The second-order valence-electron chi connectivity index (χ2n) is 8.29. The minimum atomic E-state index is -0.0719. The molecular weight excluding hydrogens is 350 g/mol. The third kappa shape index (κ3) is 4.30. The zero-order chi connectivity index (χ0) is 20.5. The maximum atomic E-state index is 12.7. The van der Waals surface area contributed by atoms with Gasteiger partial charge in [-0.3, -0.25) is 4.79 Å². The van der Waals surface area contributed by atoms with Crippen molar-refractivity contribution >= 4 is 5.91 Å². The van der Waals surface area contributed by atoms with Crippen molar-refractivity contribution in [1.82, 2.24) is 15.1 Å².